The zero-order chi connectivity index (χ0) is 7.40. The molecule has 1 fully saturated rings. The summed E-state index contributed by atoms with van der Waals surface area (Å²) in [6, 6.07) is 0. The Bertz CT molecular complexity index is 129. The molecule has 1 atom stereocenters. The van der Waals surface area contributed by atoms with E-state index in [0.29, 0.717) is 0 Å². The third-order valence-electron chi connectivity index (χ3n) is 1.52. The van der Waals surface area contributed by atoms with Crippen molar-refractivity contribution < 1.29 is 14.1 Å². The van der Waals surface area contributed by atoms with Crippen LogP contribution in [0.2, 0.25) is 0 Å². The Balaban J connectivity index is 0.000001000. The monoisotopic (exact) mass is 189 g/mol. The Morgan fingerprint density at radius 3 is 2.27 bits per heavy atom. The standard InChI is InChI=1S/C5H12NO3P.Na.H/c7-10(8)9-6-4-2-1-3-5-6;;/h10H,1-5H2,(H,7,8);;. The van der Waals surface area contributed by atoms with Crippen LogP contribution in [-0.4, -0.2) is 52.6 Å². The van der Waals surface area contributed by atoms with Gasteiger partial charge in [-0.2, -0.15) is 5.06 Å². The second-order valence-corrected chi connectivity index (χ2v) is 3.06. The van der Waals surface area contributed by atoms with Gasteiger partial charge < -0.3 is 4.89 Å². The molecule has 1 saturated heterocycles. The minimum absolute atomic E-state index is 0. The molecule has 0 amide bonds. The Morgan fingerprint density at radius 2 is 1.82 bits per heavy atom. The van der Waals surface area contributed by atoms with Gasteiger partial charge in [0, 0.05) is 13.1 Å². The van der Waals surface area contributed by atoms with Crippen molar-refractivity contribution in [2.75, 3.05) is 13.1 Å². The maximum absolute atomic E-state index is 10.2. The summed E-state index contributed by atoms with van der Waals surface area (Å²) < 4.78 is 14.8. The predicted molar refractivity (Wildman–Crippen MR) is 44.9 cm³/mol. The van der Waals surface area contributed by atoms with Crippen molar-refractivity contribution in [2.45, 2.75) is 19.3 Å². The van der Waals surface area contributed by atoms with Gasteiger partial charge in [0.25, 0.3) is 0 Å². The van der Waals surface area contributed by atoms with Gasteiger partial charge in [-0.1, -0.05) is 6.42 Å². The fraction of sp³-hybridized carbons (Fsp3) is 1.00. The molecular weight excluding hydrogens is 176 g/mol. The van der Waals surface area contributed by atoms with Crippen molar-refractivity contribution in [2.24, 2.45) is 0 Å². The number of hydroxylamine groups is 2. The fourth-order valence-electron chi connectivity index (χ4n) is 1.07. The molecule has 0 aliphatic carbocycles. The SMILES string of the molecule is O=[PH](O)ON1CCCCC1.[NaH]. The van der Waals surface area contributed by atoms with E-state index in [1.54, 1.807) is 5.06 Å². The molecule has 6 heteroatoms. The van der Waals surface area contributed by atoms with Gasteiger partial charge in [0.1, 0.15) is 0 Å². The third-order valence-corrected chi connectivity index (χ3v) is 1.94. The van der Waals surface area contributed by atoms with Crippen molar-refractivity contribution >= 4 is 37.8 Å². The van der Waals surface area contributed by atoms with Crippen LogP contribution in [0.1, 0.15) is 19.3 Å². The van der Waals surface area contributed by atoms with Crippen LogP contribution < -0.4 is 0 Å². The van der Waals surface area contributed by atoms with Gasteiger partial charge in [-0.15, -0.1) is 0 Å². The van der Waals surface area contributed by atoms with Crippen molar-refractivity contribution in [3.05, 3.63) is 0 Å². The summed E-state index contributed by atoms with van der Waals surface area (Å²) in [4.78, 5) is 8.39. The molecule has 4 nitrogen and oxygen atoms in total. The molecule has 0 aromatic carbocycles. The molecule has 1 aliphatic heterocycles. The molecule has 1 unspecified atom stereocenters. The second-order valence-electron chi connectivity index (χ2n) is 2.35. The molecule has 0 saturated carbocycles. The number of nitrogens with zero attached hydrogens (tertiary/aromatic N) is 1. The predicted octanol–water partition coefficient (Wildman–Crippen LogP) is 0.137. The molecular formula is C5H13NNaO3P. The molecule has 11 heavy (non-hydrogen) atoms. The van der Waals surface area contributed by atoms with Gasteiger partial charge in [0.05, 0.1) is 0 Å². The molecule has 62 valence electrons. The average molecular weight is 189 g/mol. The first-order valence-corrected chi connectivity index (χ1v) is 4.71. The summed E-state index contributed by atoms with van der Waals surface area (Å²) >= 11 is 0. The van der Waals surface area contributed by atoms with Gasteiger partial charge in [-0.05, 0) is 12.8 Å². The average Bonchev–Trinajstić information content (AvgIpc) is 1.88. The van der Waals surface area contributed by atoms with E-state index in [4.69, 9.17) is 4.89 Å². The van der Waals surface area contributed by atoms with E-state index in [1.807, 2.05) is 0 Å². The van der Waals surface area contributed by atoms with Crippen LogP contribution in [0.15, 0.2) is 0 Å². The van der Waals surface area contributed by atoms with Crippen LogP contribution in [0.3, 0.4) is 0 Å². The number of hydrogen-bond donors (Lipinski definition) is 1. The Hall–Kier alpha value is 1.11. The molecule has 1 rings (SSSR count). The van der Waals surface area contributed by atoms with Crippen LogP contribution in [0.5, 0.6) is 0 Å². The van der Waals surface area contributed by atoms with Gasteiger partial charge in [0.2, 0.25) is 0 Å². The second kappa shape index (κ2) is 6.61. The molecule has 0 aromatic heterocycles. The van der Waals surface area contributed by atoms with Crippen LogP contribution in [0.4, 0.5) is 0 Å². The summed E-state index contributed by atoms with van der Waals surface area (Å²) in [5.74, 6) is 0. The summed E-state index contributed by atoms with van der Waals surface area (Å²) in [6.07, 6.45) is 3.33. The molecule has 0 spiro atoms. The number of rotatable bonds is 2. The van der Waals surface area contributed by atoms with Crippen LogP contribution in [0.25, 0.3) is 0 Å². The first kappa shape index (κ1) is 12.1. The summed E-state index contributed by atoms with van der Waals surface area (Å²) in [5, 5.41) is 1.57. The molecule has 1 heterocycles. The summed E-state index contributed by atoms with van der Waals surface area (Å²) in [5.41, 5.74) is 0. The normalized spacial score (nSPS) is 22.3. The van der Waals surface area contributed by atoms with Gasteiger partial charge >= 0.3 is 37.8 Å². The van der Waals surface area contributed by atoms with E-state index in [1.165, 1.54) is 6.42 Å². The minimum atomic E-state index is -2.76. The number of hydrogen-bond acceptors (Lipinski definition) is 3. The van der Waals surface area contributed by atoms with E-state index >= 15 is 0 Å². The van der Waals surface area contributed by atoms with Crippen molar-refractivity contribution in [1.82, 2.24) is 5.06 Å². The van der Waals surface area contributed by atoms with Gasteiger partial charge in [-0.3, -0.25) is 4.57 Å². The molecule has 0 aromatic rings. The van der Waals surface area contributed by atoms with Crippen molar-refractivity contribution in [3.63, 3.8) is 0 Å². The molecule has 0 radical (unpaired) electrons. The van der Waals surface area contributed by atoms with E-state index in [-0.39, 0.29) is 29.6 Å². The Labute approximate surface area is 89.1 Å². The third kappa shape index (κ3) is 5.36. The van der Waals surface area contributed by atoms with Crippen LogP contribution in [-0.2, 0) is 9.19 Å². The summed E-state index contributed by atoms with van der Waals surface area (Å²) in [7, 11) is -2.76. The molecule has 1 N–H and O–H groups in total. The summed E-state index contributed by atoms with van der Waals surface area (Å²) in [6.45, 7) is 1.58. The van der Waals surface area contributed by atoms with E-state index in [2.05, 4.69) is 4.62 Å². The Morgan fingerprint density at radius 1 is 1.27 bits per heavy atom. The van der Waals surface area contributed by atoms with E-state index < -0.39 is 8.25 Å². The maximum atomic E-state index is 10.2. The van der Waals surface area contributed by atoms with E-state index in [0.717, 1.165) is 25.9 Å². The first-order chi connectivity index (χ1) is 4.79. The first-order valence-electron chi connectivity index (χ1n) is 3.45. The van der Waals surface area contributed by atoms with Crippen LogP contribution in [0, 0.1) is 0 Å². The fourth-order valence-corrected chi connectivity index (χ4v) is 1.47. The number of piperidine rings is 1. The van der Waals surface area contributed by atoms with Crippen molar-refractivity contribution in [3.8, 4) is 0 Å². The van der Waals surface area contributed by atoms with Crippen LogP contribution >= 0.6 is 8.25 Å². The van der Waals surface area contributed by atoms with Crippen molar-refractivity contribution in [1.29, 1.82) is 0 Å². The quantitative estimate of drug-likeness (QED) is 0.495. The Kier molecular flexibility index (Phi) is 7.27. The zero-order valence-electron chi connectivity index (χ0n) is 5.75. The van der Waals surface area contributed by atoms with Gasteiger partial charge in [0.15, 0.2) is 0 Å². The zero-order valence-corrected chi connectivity index (χ0v) is 6.75. The molecule has 0 bridgehead atoms. The van der Waals surface area contributed by atoms with Gasteiger partial charge in [-0.25, -0.2) is 4.62 Å². The van der Waals surface area contributed by atoms with E-state index in [9.17, 15) is 4.57 Å². The topological polar surface area (TPSA) is 49.8 Å². The molecule has 1 aliphatic rings.